The van der Waals surface area contributed by atoms with E-state index in [9.17, 15) is 14.0 Å². The van der Waals surface area contributed by atoms with E-state index in [0.29, 0.717) is 60.2 Å². The third-order valence-electron chi connectivity index (χ3n) is 7.16. The highest BCUT2D eigenvalue weighted by molar-refractivity contribution is 6.42. The molecule has 0 saturated carbocycles. The average molecular weight is 536 g/mol. The summed E-state index contributed by atoms with van der Waals surface area (Å²) < 4.78 is 20.3. The molecule has 2 amide bonds. The number of nitrogens with one attached hydrogen (secondary N) is 1. The number of benzene rings is 2. The lowest BCUT2D eigenvalue weighted by atomic mass is 9.82. The highest BCUT2D eigenvalue weighted by Gasteiger charge is 2.46. The monoisotopic (exact) mass is 535 g/mol. The highest BCUT2D eigenvalue weighted by Crippen LogP contribution is 2.45. The number of carbonyl (C=O) groups is 2. The molecule has 2 aromatic rings. The second-order valence-electron chi connectivity index (χ2n) is 9.55. The summed E-state index contributed by atoms with van der Waals surface area (Å²) in [7, 11) is 1.79. The van der Waals surface area contributed by atoms with E-state index >= 15 is 0 Å². The average Bonchev–Trinajstić information content (AvgIpc) is 2.87. The lowest BCUT2D eigenvalue weighted by molar-refractivity contribution is -0.131. The molecule has 2 aromatic carbocycles. The van der Waals surface area contributed by atoms with Crippen LogP contribution in [0.2, 0.25) is 10.0 Å². The Balaban J connectivity index is 1.63. The van der Waals surface area contributed by atoms with E-state index in [1.165, 1.54) is 17.0 Å². The van der Waals surface area contributed by atoms with E-state index in [4.69, 9.17) is 27.9 Å². The summed E-state index contributed by atoms with van der Waals surface area (Å²) in [5.41, 5.74) is 1.21. The third kappa shape index (κ3) is 5.48. The Morgan fingerprint density at radius 1 is 1.19 bits per heavy atom. The van der Waals surface area contributed by atoms with Crippen LogP contribution in [0, 0.1) is 5.82 Å². The second kappa shape index (κ2) is 11.4. The molecule has 6 nitrogen and oxygen atoms in total. The molecule has 1 atom stereocenters. The zero-order valence-electron chi connectivity index (χ0n) is 20.7. The molecular weight excluding hydrogens is 504 g/mol. The molecule has 0 radical (unpaired) electrons. The molecular formula is C27H32Cl2FN3O3. The van der Waals surface area contributed by atoms with Gasteiger partial charge in [0.25, 0.3) is 0 Å². The predicted octanol–water partition coefficient (Wildman–Crippen LogP) is 6.10. The molecule has 1 spiro atoms. The third-order valence-corrected chi connectivity index (χ3v) is 7.90. The Bertz CT molecular complexity index is 1120. The number of unbranched alkanes of at least 4 members (excludes halogenated alkanes) is 1. The number of piperidine rings is 1. The summed E-state index contributed by atoms with van der Waals surface area (Å²) in [6, 6.07) is 9.66. The first kappa shape index (κ1) is 26.7. The maximum atomic E-state index is 14.3. The van der Waals surface area contributed by atoms with Crippen molar-refractivity contribution in [2.75, 3.05) is 38.1 Å². The van der Waals surface area contributed by atoms with E-state index in [0.717, 1.165) is 18.4 Å². The van der Waals surface area contributed by atoms with E-state index < -0.39 is 17.6 Å². The van der Waals surface area contributed by atoms with Gasteiger partial charge in [-0.3, -0.25) is 9.69 Å². The number of hydrogen-bond acceptors (Lipinski definition) is 4. The van der Waals surface area contributed by atoms with Crippen molar-refractivity contribution < 1.29 is 18.7 Å². The van der Waals surface area contributed by atoms with Crippen LogP contribution in [0.4, 0.5) is 14.9 Å². The summed E-state index contributed by atoms with van der Waals surface area (Å²) in [5.74, 6) is -0.958. The molecule has 1 saturated heterocycles. The van der Waals surface area contributed by atoms with Gasteiger partial charge >= 0.3 is 6.09 Å². The normalized spacial score (nSPS) is 17.5. The number of ether oxygens (including phenoxy) is 1. The minimum atomic E-state index is -0.838. The van der Waals surface area contributed by atoms with Crippen LogP contribution in [0.15, 0.2) is 36.4 Å². The molecule has 2 aliphatic rings. The summed E-state index contributed by atoms with van der Waals surface area (Å²) in [6.45, 7) is 4.30. The lowest BCUT2D eigenvalue weighted by Gasteiger charge is -2.45. The van der Waals surface area contributed by atoms with Crippen molar-refractivity contribution in [1.82, 2.24) is 10.2 Å². The Morgan fingerprint density at radius 2 is 1.94 bits per heavy atom. The van der Waals surface area contributed by atoms with Gasteiger partial charge in [-0.25, -0.2) is 9.18 Å². The van der Waals surface area contributed by atoms with Crippen molar-refractivity contribution in [1.29, 1.82) is 0 Å². The van der Waals surface area contributed by atoms with Gasteiger partial charge in [0.2, 0.25) is 5.91 Å². The summed E-state index contributed by atoms with van der Waals surface area (Å²) in [5, 5.41) is 4.05. The molecule has 9 heteroatoms. The quantitative estimate of drug-likeness (QED) is 0.443. The van der Waals surface area contributed by atoms with Gasteiger partial charge in [-0.15, -0.1) is 0 Å². The number of rotatable bonds is 8. The molecule has 4 rings (SSSR count). The fraction of sp³-hybridized carbons (Fsp3) is 0.481. The second-order valence-corrected chi connectivity index (χ2v) is 10.4. The molecule has 0 bridgehead atoms. The van der Waals surface area contributed by atoms with Gasteiger partial charge in [-0.1, -0.05) is 42.6 Å². The van der Waals surface area contributed by atoms with Gasteiger partial charge in [-0.2, -0.15) is 0 Å². The summed E-state index contributed by atoms with van der Waals surface area (Å²) in [4.78, 5) is 30.0. The zero-order valence-corrected chi connectivity index (χ0v) is 22.2. The number of amides is 2. The van der Waals surface area contributed by atoms with E-state index in [-0.39, 0.29) is 18.3 Å². The highest BCUT2D eigenvalue weighted by atomic mass is 35.5. The first-order valence-corrected chi connectivity index (χ1v) is 13.2. The Morgan fingerprint density at radius 3 is 2.64 bits per heavy atom. The van der Waals surface area contributed by atoms with Crippen LogP contribution in [0.5, 0.6) is 0 Å². The van der Waals surface area contributed by atoms with Crippen LogP contribution < -0.4 is 10.2 Å². The van der Waals surface area contributed by atoms with E-state index in [1.807, 2.05) is 0 Å². The van der Waals surface area contributed by atoms with Gasteiger partial charge in [0.15, 0.2) is 0 Å². The van der Waals surface area contributed by atoms with Crippen molar-refractivity contribution in [3.05, 3.63) is 63.4 Å². The summed E-state index contributed by atoms with van der Waals surface area (Å²) in [6.07, 6.45) is 2.89. The van der Waals surface area contributed by atoms with Crippen molar-refractivity contribution in [3.63, 3.8) is 0 Å². The lowest BCUT2D eigenvalue weighted by Crippen LogP contribution is -2.51. The molecule has 2 heterocycles. The van der Waals surface area contributed by atoms with Crippen LogP contribution >= 0.6 is 23.2 Å². The van der Waals surface area contributed by atoms with Gasteiger partial charge in [0, 0.05) is 38.5 Å². The molecule has 1 unspecified atom stereocenters. The standard InChI is InChI=1S/C27H32Cl2FN3O3/c1-3-4-14-32(2)25(34)20(18-5-7-22(28)23(29)16-18)9-15-33-24-8-6-19(30)17-21(24)27(36-26(33)35)10-12-31-13-11-27/h5-8,16-17,20,31H,3-4,9-15H2,1-2H3. The topological polar surface area (TPSA) is 61.9 Å². The maximum Gasteiger partial charge on any atom is 0.415 e. The van der Waals surface area contributed by atoms with Crippen LogP contribution in [0.3, 0.4) is 0 Å². The Hall–Kier alpha value is -2.35. The first-order valence-electron chi connectivity index (χ1n) is 12.5. The molecule has 36 heavy (non-hydrogen) atoms. The van der Waals surface area contributed by atoms with Crippen molar-refractivity contribution >= 4 is 40.9 Å². The Kier molecular flexibility index (Phi) is 8.43. The van der Waals surface area contributed by atoms with Crippen LogP contribution in [-0.2, 0) is 15.1 Å². The minimum absolute atomic E-state index is 0.0543. The van der Waals surface area contributed by atoms with Crippen LogP contribution in [0.1, 0.15) is 56.1 Å². The number of nitrogens with zero attached hydrogens (tertiary/aromatic N) is 2. The van der Waals surface area contributed by atoms with Gasteiger partial charge < -0.3 is 15.0 Å². The van der Waals surface area contributed by atoms with Gasteiger partial charge in [-0.05, 0) is 61.8 Å². The van der Waals surface area contributed by atoms with Crippen LogP contribution in [-0.4, -0.2) is 50.1 Å². The largest absolute Gasteiger partial charge is 0.437 e. The number of hydrogen-bond donors (Lipinski definition) is 1. The van der Waals surface area contributed by atoms with Gasteiger partial charge in [0.1, 0.15) is 11.4 Å². The fourth-order valence-corrected chi connectivity index (χ4v) is 5.40. The SMILES string of the molecule is CCCCN(C)C(=O)C(CCN1C(=O)OC2(CCNCC2)c2cc(F)ccc21)c1ccc(Cl)c(Cl)c1. The predicted molar refractivity (Wildman–Crippen MR) is 140 cm³/mol. The van der Waals surface area contributed by atoms with Crippen molar-refractivity contribution in [2.24, 2.45) is 0 Å². The number of fused-ring (bicyclic) bond motifs is 2. The number of anilines is 1. The molecule has 0 aliphatic carbocycles. The first-order chi connectivity index (χ1) is 17.3. The molecule has 0 aromatic heterocycles. The smallest absolute Gasteiger partial charge is 0.415 e. The fourth-order valence-electron chi connectivity index (χ4n) is 5.09. The molecule has 1 fully saturated rings. The number of carbonyl (C=O) groups excluding carboxylic acids is 2. The maximum absolute atomic E-state index is 14.3. The Labute approximate surface area is 221 Å². The van der Waals surface area contributed by atoms with E-state index in [2.05, 4.69) is 12.2 Å². The van der Waals surface area contributed by atoms with Crippen LogP contribution in [0.25, 0.3) is 0 Å². The van der Waals surface area contributed by atoms with E-state index in [1.54, 1.807) is 36.2 Å². The number of halogens is 3. The molecule has 194 valence electrons. The minimum Gasteiger partial charge on any atom is -0.437 e. The molecule has 1 N–H and O–H groups in total. The van der Waals surface area contributed by atoms with Crippen molar-refractivity contribution in [2.45, 2.75) is 50.5 Å². The summed E-state index contributed by atoms with van der Waals surface area (Å²) >= 11 is 12.4. The zero-order chi connectivity index (χ0) is 25.9. The van der Waals surface area contributed by atoms with Crippen molar-refractivity contribution in [3.8, 4) is 0 Å². The number of likely N-dealkylation sites (N-methyl/N-ethyl adjacent to an activating group) is 1. The molecule has 2 aliphatic heterocycles. The van der Waals surface area contributed by atoms with Gasteiger partial charge in [0.05, 0.1) is 21.7 Å².